The van der Waals surface area contributed by atoms with Crippen LogP contribution >= 0.6 is 0 Å². The number of carbonyl (C=O) groups is 1. The summed E-state index contributed by atoms with van der Waals surface area (Å²) in [5.74, 6) is 0.107. The normalized spacial score (nSPS) is 19.4. The fourth-order valence-electron chi connectivity index (χ4n) is 4.34. The van der Waals surface area contributed by atoms with Gasteiger partial charge in [-0.3, -0.25) is 9.69 Å². The van der Waals surface area contributed by atoms with Crippen LogP contribution in [0.5, 0.6) is 0 Å². The maximum atomic E-state index is 12.5. The molecule has 0 atom stereocenters. The zero-order chi connectivity index (χ0) is 18.9. The third-order valence-electron chi connectivity index (χ3n) is 5.96. The van der Waals surface area contributed by atoms with Gasteiger partial charge in [0.2, 0.25) is 0 Å². The van der Waals surface area contributed by atoms with E-state index in [0.29, 0.717) is 11.7 Å². The highest BCUT2D eigenvalue weighted by Gasteiger charge is 2.30. The molecule has 28 heavy (non-hydrogen) atoms. The van der Waals surface area contributed by atoms with Crippen LogP contribution in [0.15, 0.2) is 47.0 Å². The van der Waals surface area contributed by atoms with Gasteiger partial charge in [-0.2, -0.15) is 4.98 Å². The predicted molar refractivity (Wildman–Crippen MR) is 108 cm³/mol. The lowest BCUT2D eigenvalue weighted by Gasteiger charge is -2.42. The van der Waals surface area contributed by atoms with Crippen molar-refractivity contribution in [1.82, 2.24) is 19.8 Å². The van der Waals surface area contributed by atoms with Crippen molar-refractivity contribution in [2.75, 3.05) is 44.2 Å². The quantitative estimate of drug-likeness (QED) is 0.758. The van der Waals surface area contributed by atoms with E-state index in [4.69, 9.17) is 4.42 Å². The minimum Gasteiger partial charge on any atom is -0.423 e. The van der Waals surface area contributed by atoms with Gasteiger partial charge in [-0.05, 0) is 37.1 Å². The Bertz CT molecular complexity index is 902. The molecule has 7 nitrogen and oxygen atoms in total. The Morgan fingerprint density at radius 1 is 1.00 bits per heavy atom. The summed E-state index contributed by atoms with van der Waals surface area (Å²) in [5, 5.41) is 0. The molecule has 3 aromatic rings. The van der Waals surface area contributed by atoms with Crippen LogP contribution < -0.4 is 4.90 Å². The van der Waals surface area contributed by atoms with Gasteiger partial charge in [0.1, 0.15) is 11.2 Å². The topological polar surface area (TPSA) is 68.6 Å². The Hall–Kier alpha value is -2.80. The van der Waals surface area contributed by atoms with Crippen molar-refractivity contribution in [3.63, 3.8) is 0 Å². The third kappa shape index (κ3) is 3.26. The van der Waals surface area contributed by atoms with Crippen LogP contribution in [0.4, 0.5) is 6.01 Å². The summed E-state index contributed by atoms with van der Waals surface area (Å²) >= 11 is 0. The van der Waals surface area contributed by atoms with Crippen LogP contribution in [0.1, 0.15) is 23.3 Å². The van der Waals surface area contributed by atoms with Crippen LogP contribution in [0.25, 0.3) is 11.1 Å². The molecule has 2 aliphatic rings. The largest absolute Gasteiger partial charge is 0.423 e. The molecule has 0 radical (unpaired) electrons. The number of oxazole rings is 1. The first-order valence-electron chi connectivity index (χ1n) is 10.1. The molecular formula is C21H25N5O2. The van der Waals surface area contributed by atoms with Gasteiger partial charge >= 0.3 is 0 Å². The van der Waals surface area contributed by atoms with E-state index in [1.165, 1.54) is 0 Å². The number of carbonyl (C=O) groups excluding carboxylic acids is 1. The zero-order valence-electron chi connectivity index (χ0n) is 15.9. The maximum Gasteiger partial charge on any atom is 0.298 e. The Balaban J connectivity index is 1.15. The van der Waals surface area contributed by atoms with E-state index in [0.717, 1.165) is 69.2 Å². The summed E-state index contributed by atoms with van der Waals surface area (Å²) in [4.78, 5) is 26.9. The van der Waals surface area contributed by atoms with E-state index >= 15 is 0 Å². The van der Waals surface area contributed by atoms with Gasteiger partial charge < -0.3 is 19.2 Å². The van der Waals surface area contributed by atoms with Gasteiger partial charge in [0.15, 0.2) is 5.58 Å². The smallest absolute Gasteiger partial charge is 0.298 e. The van der Waals surface area contributed by atoms with Gasteiger partial charge in [-0.15, -0.1) is 0 Å². The average Bonchev–Trinajstić information content (AvgIpc) is 3.43. The second kappa shape index (κ2) is 7.31. The summed E-state index contributed by atoms with van der Waals surface area (Å²) in [6.45, 7) is 5.39. The zero-order valence-corrected chi connectivity index (χ0v) is 15.9. The van der Waals surface area contributed by atoms with E-state index in [9.17, 15) is 4.79 Å². The second-order valence-corrected chi connectivity index (χ2v) is 7.59. The summed E-state index contributed by atoms with van der Waals surface area (Å²) in [7, 11) is 0. The Morgan fingerprint density at radius 3 is 2.50 bits per heavy atom. The number of fused-ring (bicyclic) bond motifs is 1. The average molecular weight is 379 g/mol. The first-order chi connectivity index (χ1) is 13.8. The van der Waals surface area contributed by atoms with Crippen molar-refractivity contribution >= 4 is 23.0 Å². The van der Waals surface area contributed by atoms with E-state index < -0.39 is 0 Å². The minimum absolute atomic E-state index is 0.107. The molecule has 0 unspecified atom stereocenters. The molecule has 1 amide bonds. The highest BCUT2D eigenvalue weighted by Crippen LogP contribution is 2.26. The van der Waals surface area contributed by atoms with Crippen LogP contribution in [0, 0.1) is 0 Å². The lowest BCUT2D eigenvalue weighted by molar-refractivity contribution is 0.0535. The molecule has 2 fully saturated rings. The van der Waals surface area contributed by atoms with E-state index in [1.54, 1.807) is 6.20 Å². The molecule has 1 N–H and O–H groups in total. The van der Waals surface area contributed by atoms with Crippen molar-refractivity contribution in [3.8, 4) is 0 Å². The summed E-state index contributed by atoms with van der Waals surface area (Å²) in [5.41, 5.74) is 2.45. The van der Waals surface area contributed by atoms with Crippen LogP contribution in [0.2, 0.25) is 0 Å². The number of anilines is 1. The molecule has 1 aromatic carbocycles. The number of rotatable bonds is 3. The second-order valence-electron chi connectivity index (χ2n) is 7.59. The van der Waals surface area contributed by atoms with E-state index in [2.05, 4.69) is 19.8 Å². The maximum absolute atomic E-state index is 12.5. The Morgan fingerprint density at radius 2 is 1.79 bits per heavy atom. The Labute approximate surface area is 163 Å². The van der Waals surface area contributed by atoms with Crippen LogP contribution in [-0.2, 0) is 0 Å². The molecule has 4 heterocycles. The summed E-state index contributed by atoms with van der Waals surface area (Å²) in [6.07, 6.45) is 4.00. The third-order valence-corrected chi connectivity index (χ3v) is 5.96. The number of piperazine rings is 1. The number of nitrogens with zero attached hydrogens (tertiary/aromatic N) is 4. The minimum atomic E-state index is 0.107. The number of hydrogen-bond acceptors (Lipinski definition) is 5. The first kappa shape index (κ1) is 17.3. The number of H-pyrrole nitrogens is 1. The van der Waals surface area contributed by atoms with Gasteiger partial charge in [-0.25, -0.2) is 0 Å². The molecule has 0 aliphatic carbocycles. The highest BCUT2D eigenvalue weighted by atomic mass is 16.4. The number of aromatic amines is 1. The Kier molecular flexibility index (Phi) is 4.52. The van der Waals surface area contributed by atoms with Crippen molar-refractivity contribution in [2.24, 2.45) is 0 Å². The predicted octanol–water partition coefficient (Wildman–Crippen LogP) is 2.58. The van der Waals surface area contributed by atoms with Crippen molar-refractivity contribution < 1.29 is 9.21 Å². The van der Waals surface area contributed by atoms with Crippen LogP contribution in [-0.4, -0.2) is 71.0 Å². The number of amides is 1. The summed E-state index contributed by atoms with van der Waals surface area (Å²) in [6, 6.07) is 12.9. The number of hydrogen-bond donors (Lipinski definition) is 1. The summed E-state index contributed by atoms with van der Waals surface area (Å²) < 4.78 is 5.92. The lowest BCUT2D eigenvalue weighted by atomic mass is 10.0. The highest BCUT2D eigenvalue weighted by molar-refractivity contribution is 5.92. The number of benzene rings is 1. The van der Waals surface area contributed by atoms with Gasteiger partial charge in [0.05, 0.1) is 0 Å². The van der Waals surface area contributed by atoms with Crippen LogP contribution in [0.3, 0.4) is 0 Å². The fraction of sp³-hybridized carbons (Fsp3) is 0.429. The molecule has 0 spiro atoms. The molecule has 7 heteroatoms. The number of piperidine rings is 1. The molecule has 2 aromatic heterocycles. The number of para-hydroxylation sites is 2. The van der Waals surface area contributed by atoms with Gasteiger partial charge in [-0.1, -0.05) is 12.1 Å². The fourth-order valence-corrected chi connectivity index (χ4v) is 4.34. The molecule has 0 saturated carbocycles. The first-order valence-corrected chi connectivity index (χ1v) is 10.1. The standard InChI is InChI=1S/C21H25N5O2/c27-20(18-5-3-9-22-18)25-14-12-24(13-15-25)16-7-10-26(11-8-16)21-23-17-4-1-2-6-19(17)28-21/h1-6,9,16,22H,7-8,10-15H2. The molecule has 5 rings (SSSR count). The molecular weight excluding hydrogens is 354 g/mol. The van der Waals surface area contributed by atoms with Gasteiger partial charge in [0.25, 0.3) is 11.9 Å². The SMILES string of the molecule is O=C(c1ccc[nH]1)N1CCN(C2CCN(c3nc4ccccc4o3)CC2)CC1. The van der Waals surface area contributed by atoms with E-state index in [1.807, 2.05) is 41.3 Å². The monoisotopic (exact) mass is 379 g/mol. The lowest BCUT2D eigenvalue weighted by Crippen LogP contribution is -2.54. The molecule has 2 aliphatic heterocycles. The van der Waals surface area contributed by atoms with Gasteiger partial charge in [0, 0.05) is 51.5 Å². The number of aromatic nitrogens is 2. The van der Waals surface area contributed by atoms with Crippen molar-refractivity contribution in [1.29, 1.82) is 0 Å². The molecule has 0 bridgehead atoms. The van der Waals surface area contributed by atoms with Crippen molar-refractivity contribution in [3.05, 3.63) is 48.3 Å². The molecule has 146 valence electrons. The van der Waals surface area contributed by atoms with Crippen molar-refractivity contribution in [2.45, 2.75) is 18.9 Å². The van der Waals surface area contributed by atoms with E-state index in [-0.39, 0.29) is 5.91 Å². The number of nitrogens with one attached hydrogen (secondary N) is 1. The molecule has 2 saturated heterocycles.